The number of amides is 1. The van der Waals surface area contributed by atoms with E-state index >= 15 is 0 Å². The molecular formula is C17H13F3N2O. The number of nitrogens with one attached hydrogen (secondary N) is 1. The normalized spacial score (nSPS) is 11.7. The molecule has 6 heteroatoms. The van der Waals surface area contributed by atoms with Gasteiger partial charge in [0.05, 0.1) is 11.1 Å². The van der Waals surface area contributed by atoms with E-state index in [4.69, 9.17) is 0 Å². The van der Waals surface area contributed by atoms with E-state index in [9.17, 15) is 18.0 Å². The van der Waals surface area contributed by atoms with E-state index in [0.29, 0.717) is 5.52 Å². The van der Waals surface area contributed by atoms with Crippen LogP contribution in [-0.4, -0.2) is 10.6 Å². The van der Waals surface area contributed by atoms with E-state index in [0.717, 1.165) is 23.1 Å². The van der Waals surface area contributed by atoms with E-state index in [1.165, 1.54) is 16.7 Å². The van der Waals surface area contributed by atoms with E-state index in [2.05, 4.69) is 5.32 Å². The molecule has 0 saturated carbocycles. The van der Waals surface area contributed by atoms with E-state index in [1.807, 2.05) is 19.1 Å². The highest BCUT2D eigenvalue weighted by molar-refractivity contribution is 5.99. The Morgan fingerprint density at radius 3 is 2.57 bits per heavy atom. The maximum atomic E-state index is 12.7. The van der Waals surface area contributed by atoms with Gasteiger partial charge in [-0.05, 0) is 36.8 Å². The quantitative estimate of drug-likeness (QED) is 0.669. The molecule has 3 rings (SSSR count). The molecule has 0 radical (unpaired) electrons. The predicted octanol–water partition coefficient (Wildman–Crippen LogP) is 5.05. The summed E-state index contributed by atoms with van der Waals surface area (Å²) in [5, 5.41) is 3.42. The minimum absolute atomic E-state index is 0.0975. The van der Waals surface area contributed by atoms with Gasteiger partial charge < -0.3 is 5.32 Å². The fourth-order valence-corrected chi connectivity index (χ4v) is 2.47. The summed E-state index contributed by atoms with van der Waals surface area (Å²) in [6, 6.07) is 11.4. The SMILES string of the molecule is Cc1cn(C(=O)Nc2cccc(C(F)(F)F)c2)c2ccccc12. The zero-order chi connectivity index (χ0) is 16.6. The van der Waals surface area contributed by atoms with Crippen LogP contribution in [0.1, 0.15) is 11.1 Å². The number of aromatic nitrogens is 1. The molecule has 0 aliphatic heterocycles. The lowest BCUT2D eigenvalue weighted by Gasteiger charge is -2.10. The Labute approximate surface area is 130 Å². The van der Waals surface area contributed by atoms with Crippen molar-refractivity contribution in [2.24, 2.45) is 0 Å². The van der Waals surface area contributed by atoms with Crippen LogP contribution in [0, 0.1) is 6.92 Å². The molecule has 1 N–H and O–H groups in total. The average molecular weight is 318 g/mol. The van der Waals surface area contributed by atoms with Crippen molar-refractivity contribution in [1.82, 2.24) is 4.57 Å². The number of alkyl halides is 3. The second-order valence-electron chi connectivity index (χ2n) is 5.21. The maximum Gasteiger partial charge on any atom is 0.416 e. The van der Waals surface area contributed by atoms with Gasteiger partial charge in [-0.2, -0.15) is 13.2 Å². The molecule has 0 aliphatic carbocycles. The summed E-state index contributed by atoms with van der Waals surface area (Å²) < 4.78 is 39.6. The molecular weight excluding hydrogens is 305 g/mol. The summed E-state index contributed by atoms with van der Waals surface area (Å²) in [5.41, 5.74) is 0.915. The lowest BCUT2D eigenvalue weighted by molar-refractivity contribution is -0.137. The molecule has 1 amide bonds. The van der Waals surface area contributed by atoms with Crippen LogP contribution in [0.5, 0.6) is 0 Å². The van der Waals surface area contributed by atoms with Crippen molar-refractivity contribution < 1.29 is 18.0 Å². The number of hydrogen-bond donors (Lipinski definition) is 1. The highest BCUT2D eigenvalue weighted by atomic mass is 19.4. The van der Waals surface area contributed by atoms with Gasteiger partial charge in [-0.15, -0.1) is 0 Å². The average Bonchev–Trinajstić information content (AvgIpc) is 2.85. The Morgan fingerprint density at radius 2 is 1.83 bits per heavy atom. The zero-order valence-electron chi connectivity index (χ0n) is 12.2. The van der Waals surface area contributed by atoms with Crippen molar-refractivity contribution in [3.05, 3.63) is 65.9 Å². The lowest BCUT2D eigenvalue weighted by Crippen LogP contribution is -2.18. The number of hydrogen-bond acceptors (Lipinski definition) is 1. The maximum absolute atomic E-state index is 12.7. The van der Waals surface area contributed by atoms with Crippen LogP contribution in [0.2, 0.25) is 0 Å². The van der Waals surface area contributed by atoms with Crippen LogP contribution in [-0.2, 0) is 6.18 Å². The van der Waals surface area contributed by atoms with Crippen LogP contribution in [0.3, 0.4) is 0 Å². The van der Waals surface area contributed by atoms with Crippen molar-refractivity contribution in [3.8, 4) is 0 Å². The van der Waals surface area contributed by atoms with Crippen LogP contribution in [0.25, 0.3) is 10.9 Å². The number of rotatable bonds is 1. The van der Waals surface area contributed by atoms with Gasteiger partial charge in [-0.3, -0.25) is 4.57 Å². The summed E-state index contributed by atoms with van der Waals surface area (Å²) in [4.78, 5) is 12.4. The van der Waals surface area contributed by atoms with E-state index < -0.39 is 17.8 Å². The van der Waals surface area contributed by atoms with Crippen LogP contribution >= 0.6 is 0 Å². The zero-order valence-corrected chi connectivity index (χ0v) is 12.2. The number of carbonyl (C=O) groups is 1. The first-order valence-electron chi connectivity index (χ1n) is 6.91. The Kier molecular flexibility index (Phi) is 3.60. The van der Waals surface area contributed by atoms with Gasteiger partial charge >= 0.3 is 12.2 Å². The van der Waals surface area contributed by atoms with Gasteiger partial charge in [0.25, 0.3) is 0 Å². The number of fused-ring (bicyclic) bond motifs is 1. The fraction of sp³-hybridized carbons (Fsp3) is 0.118. The molecule has 118 valence electrons. The molecule has 2 aromatic carbocycles. The number of aryl methyl sites for hydroxylation is 1. The fourth-order valence-electron chi connectivity index (χ4n) is 2.47. The number of carbonyl (C=O) groups excluding carboxylic acids is 1. The summed E-state index contributed by atoms with van der Waals surface area (Å²) in [7, 11) is 0. The minimum atomic E-state index is -4.45. The highest BCUT2D eigenvalue weighted by Crippen LogP contribution is 2.30. The third-order valence-corrected chi connectivity index (χ3v) is 3.57. The molecule has 0 bridgehead atoms. The van der Waals surface area contributed by atoms with Crippen molar-refractivity contribution in [2.45, 2.75) is 13.1 Å². The van der Waals surface area contributed by atoms with Gasteiger partial charge in [0.1, 0.15) is 0 Å². The Morgan fingerprint density at radius 1 is 1.09 bits per heavy atom. The molecule has 3 aromatic rings. The standard InChI is InChI=1S/C17H13F3N2O/c1-11-10-22(15-8-3-2-7-14(11)15)16(23)21-13-6-4-5-12(9-13)17(18,19)20/h2-10H,1H3,(H,21,23). The van der Waals surface area contributed by atoms with Gasteiger partial charge in [0.2, 0.25) is 0 Å². The predicted molar refractivity (Wildman–Crippen MR) is 82.5 cm³/mol. The van der Waals surface area contributed by atoms with Crippen molar-refractivity contribution >= 4 is 22.6 Å². The summed E-state index contributed by atoms with van der Waals surface area (Å²) in [5.74, 6) is 0. The number of anilines is 1. The Bertz CT molecular complexity index is 881. The smallest absolute Gasteiger partial charge is 0.307 e. The minimum Gasteiger partial charge on any atom is -0.307 e. The van der Waals surface area contributed by atoms with Gasteiger partial charge in [-0.1, -0.05) is 24.3 Å². The molecule has 0 atom stereocenters. The molecule has 3 nitrogen and oxygen atoms in total. The summed E-state index contributed by atoms with van der Waals surface area (Å²) in [6.07, 6.45) is -2.79. The third-order valence-electron chi connectivity index (χ3n) is 3.57. The summed E-state index contributed by atoms with van der Waals surface area (Å²) >= 11 is 0. The van der Waals surface area contributed by atoms with Crippen LogP contribution in [0.15, 0.2) is 54.7 Å². The first kappa shape index (κ1) is 15.1. The monoisotopic (exact) mass is 318 g/mol. The van der Waals surface area contributed by atoms with Crippen molar-refractivity contribution in [3.63, 3.8) is 0 Å². The van der Waals surface area contributed by atoms with Crippen LogP contribution in [0.4, 0.5) is 23.7 Å². The van der Waals surface area contributed by atoms with Gasteiger partial charge in [0.15, 0.2) is 0 Å². The van der Waals surface area contributed by atoms with Crippen molar-refractivity contribution in [2.75, 3.05) is 5.32 Å². The number of nitrogens with zero attached hydrogens (tertiary/aromatic N) is 1. The Balaban J connectivity index is 1.93. The number of halogens is 3. The first-order valence-corrected chi connectivity index (χ1v) is 6.91. The third kappa shape index (κ3) is 2.92. The lowest BCUT2D eigenvalue weighted by atomic mass is 10.2. The topological polar surface area (TPSA) is 34.0 Å². The molecule has 0 aliphatic rings. The largest absolute Gasteiger partial charge is 0.416 e. The number of benzene rings is 2. The van der Waals surface area contributed by atoms with Crippen molar-refractivity contribution in [1.29, 1.82) is 0 Å². The molecule has 1 aromatic heterocycles. The number of para-hydroxylation sites is 1. The first-order chi connectivity index (χ1) is 10.9. The van der Waals surface area contributed by atoms with Gasteiger partial charge in [0, 0.05) is 17.3 Å². The second-order valence-corrected chi connectivity index (χ2v) is 5.21. The van der Waals surface area contributed by atoms with E-state index in [1.54, 1.807) is 18.3 Å². The summed E-state index contributed by atoms with van der Waals surface area (Å²) in [6.45, 7) is 1.87. The molecule has 23 heavy (non-hydrogen) atoms. The highest BCUT2D eigenvalue weighted by Gasteiger charge is 2.30. The molecule has 0 unspecified atom stereocenters. The Hall–Kier alpha value is -2.76. The molecule has 0 saturated heterocycles. The molecule has 0 spiro atoms. The van der Waals surface area contributed by atoms with Crippen LogP contribution < -0.4 is 5.32 Å². The molecule has 1 heterocycles. The van der Waals surface area contributed by atoms with E-state index in [-0.39, 0.29) is 5.69 Å². The molecule has 0 fully saturated rings. The van der Waals surface area contributed by atoms with Gasteiger partial charge in [-0.25, -0.2) is 4.79 Å². The second kappa shape index (κ2) is 5.46.